The van der Waals surface area contributed by atoms with Gasteiger partial charge in [0.2, 0.25) is 0 Å². The average Bonchev–Trinajstić information content (AvgIpc) is 2.61. The molecule has 3 aromatic carbocycles. The number of carbonyl (C=O) groups is 1. The van der Waals surface area contributed by atoms with Crippen LogP contribution in [-0.2, 0) is 0 Å². The summed E-state index contributed by atoms with van der Waals surface area (Å²) in [5.74, 6) is 0.175. The molecule has 1 nitrogen and oxygen atoms in total. The molecule has 0 saturated heterocycles. The lowest BCUT2D eigenvalue weighted by atomic mass is 9.86. The highest BCUT2D eigenvalue weighted by atomic mass is 16.1. The van der Waals surface area contributed by atoms with E-state index in [1.807, 2.05) is 63.2 Å². The molecule has 0 atom stereocenters. The zero-order valence-electron chi connectivity index (χ0n) is 14.4. The quantitative estimate of drug-likeness (QED) is 0.522. The number of hydrogen-bond acceptors (Lipinski definition) is 1. The summed E-state index contributed by atoms with van der Waals surface area (Å²) in [5, 5.41) is 0. The van der Waals surface area contributed by atoms with Crippen molar-refractivity contribution >= 4 is 5.78 Å². The minimum atomic E-state index is -0.348. The molecule has 3 aromatic rings. The van der Waals surface area contributed by atoms with Crippen LogP contribution in [0.25, 0.3) is 22.3 Å². The van der Waals surface area contributed by atoms with Gasteiger partial charge in [0, 0.05) is 11.0 Å². The molecule has 0 bridgehead atoms. The van der Waals surface area contributed by atoms with Crippen LogP contribution in [0.15, 0.2) is 78.9 Å². The van der Waals surface area contributed by atoms with Crippen LogP contribution in [-0.4, -0.2) is 5.78 Å². The van der Waals surface area contributed by atoms with Gasteiger partial charge in [-0.25, -0.2) is 0 Å². The highest BCUT2D eigenvalue weighted by Gasteiger charge is 2.22. The van der Waals surface area contributed by atoms with Crippen LogP contribution in [0, 0.1) is 5.41 Å². The van der Waals surface area contributed by atoms with Gasteiger partial charge in [-0.1, -0.05) is 99.6 Å². The summed E-state index contributed by atoms with van der Waals surface area (Å²) in [6, 6.07) is 26.8. The average molecular weight is 314 g/mol. The molecule has 0 radical (unpaired) electrons. The Morgan fingerprint density at radius 3 is 1.38 bits per heavy atom. The largest absolute Gasteiger partial charge is 0.294 e. The summed E-state index contributed by atoms with van der Waals surface area (Å²) >= 11 is 0. The predicted molar refractivity (Wildman–Crippen MR) is 101 cm³/mol. The normalized spacial score (nSPS) is 11.3. The van der Waals surface area contributed by atoms with Gasteiger partial charge in [-0.15, -0.1) is 0 Å². The summed E-state index contributed by atoms with van der Waals surface area (Å²) in [6.07, 6.45) is 0. The van der Waals surface area contributed by atoms with E-state index in [9.17, 15) is 4.79 Å². The maximum absolute atomic E-state index is 12.3. The van der Waals surface area contributed by atoms with Crippen LogP contribution in [0.4, 0.5) is 0 Å². The van der Waals surface area contributed by atoms with E-state index in [4.69, 9.17) is 0 Å². The van der Waals surface area contributed by atoms with Crippen molar-refractivity contribution in [1.82, 2.24) is 0 Å². The van der Waals surface area contributed by atoms with Crippen molar-refractivity contribution in [3.63, 3.8) is 0 Å². The monoisotopic (exact) mass is 314 g/mol. The summed E-state index contributed by atoms with van der Waals surface area (Å²) in [6.45, 7) is 5.85. The van der Waals surface area contributed by atoms with Crippen molar-refractivity contribution in [3.8, 4) is 22.3 Å². The van der Waals surface area contributed by atoms with Gasteiger partial charge < -0.3 is 0 Å². The maximum atomic E-state index is 12.3. The molecule has 0 amide bonds. The number of rotatable bonds is 3. The van der Waals surface area contributed by atoms with E-state index in [0.717, 1.165) is 16.7 Å². The minimum Gasteiger partial charge on any atom is -0.294 e. The smallest absolute Gasteiger partial charge is 0.168 e. The first kappa shape index (κ1) is 16.2. The molecule has 24 heavy (non-hydrogen) atoms. The third-order valence-corrected chi connectivity index (χ3v) is 4.15. The molecule has 0 aliphatic carbocycles. The predicted octanol–water partition coefficient (Wildman–Crippen LogP) is 6.25. The first-order valence-electron chi connectivity index (χ1n) is 8.26. The third-order valence-electron chi connectivity index (χ3n) is 4.15. The summed E-state index contributed by atoms with van der Waals surface area (Å²) in [7, 11) is 0. The number of Topliss-reactive ketones (excluding diaryl/α,β-unsaturated/α-hetero) is 1. The van der Waals surface area contributed by atoms with Gasteiger partial charge in [0.1, 0.15) is 0 Å². The van der Waals surface area contributed by atoms with Crippen molar-refractivity contribution in [2.45, 2.75) is 20.8 Å². The van der Waals surface area contributed by atoms with Crippen LogP contribution in [0.3, 0.4) is 0 Å². The Labute approximate surface area is 144 Å². The number of benzene rings is 3. The van der Waals surface area contributed by atoms with Crippen molar-refractivity contribution < 1.29 is 4.79 Å². The van der Waals surface area contributed by atoms with Crippen LogP contribution in [0.1, 0.15) is 31.1 Å². The minimum absolute atomic E-state index is 0.175. The molecule has 0 aliphatic heterocycles. The van der Waals surface area contributed by atoms with Gasteiger partial charge in [-0.3, -0.25) is 4.79 Å². The van der Waals surface area contributed by atoms with Gasteiger partial charge >= 0.3 is 0 Å². The second-order valence-electron chi connectivity index (χ2n) is 7.10. The van der Waals surface area contributed by atoms with Crippen LogP contribution in [0.2, 0.25) is 0 Å². The molecule has 0 fully saturated rings. The maximum Gasteiger partial charge on any atom is 0.168 e. The van der Waals surface area contributed by atoms with E-state index < -0.39 is 0 Å². The molecule has 120 valence electrons. The third kappa shape index (κ3) is 3.46. The molecule has 0 aromatic heterocycles. The number of ketones is 1. The van der Waals surface area contributed by atoms with E-state index in [1.165, 1.54) is 11.1 Å². The molecule has 0 spiro atoms. The molecule has 1 heteroatoms. The van der Waals surface area contributed by atoms with Crippen LogP contribution >= 0.6 is 0 Å². The molecule has 0 aliphatic rings. The van der Waals surface area contributed by atoms with Crippen molar-refractivity contribution in [2.75, 3.05) is 0 Å². The van der Waals surface area contributed by atoms with E-state index in [0.29, 0.717) is 0 Å². The van der Waals surface area contributed by atoms with Crippen molar-refractivity contribution in [2.24, 2.45) is 5.41 Å². The summed E-state index contributed by atoms with van der Waals surface area (Å²) in [4.78, 5) is 12.3. The van der Waals surface area contributed by atoms with Crippen LogP contribution in [0.5, 0.6) is 0 Å². The van der Waals surface area contributed by atoms with E-state index in [1.54, 1.807) is 0 Å². The first-order valence-corrected chi connectivity index (χ1v) is 8.26. The Hall–Kier alpha value is -2.67. The Balaban J connectivity index is 1.84. The zero-order chi connectivity index (χ0) is 17.2. The lowest BCUT2D eigenvalue weighted by molar-refractivity contribution is 0.0858. The number of carbonyl (C=O) groups excluding carboxylic acids is 1. The van der Waals surface area contributed by atoms with Crippen molar-refractivity contribution in [3.05, 3.63) is 84.4 Å². The fraction of sp³-hybridized carbons (Fsp3) is 0.174. The molecule has 0 saturated carbocycles. The molecule has 0 N–H and O–H groups in total. The standard InChI is InChI=1S/C23H22O/c1-23(2,3)22(24)21-15-13-20(14-16-21)19-11-9-18(10-12-19)17-7-5-4-6-8-17/h4-16H,1-3H3. The van der Waals surface area contributed by atoms with Gasteiger partial charge in [0.05, 0.1) is 0 Å². The first-order chi connectivity index (χ1) is 11.4. The van der Waals surface area contributed by atoms with Gasteiger partial charge in [-0.05, 0) is 22.3 Å². The molecular weight excluding hydrogens is 292 g/mol. The fourth-order valence-corrected chi connectivity index (χ4v) is 2.73. The summed E-state index contributed by atoms with van der Waals surface area (Å²) in [5.41, 5.74) is 5.13. The van der Waals surface area contributed by atoms with Gasteiger partial charge in [0.25, 0.3) is 0 Å². The van der Waals surface area contributed by atoms with E-state index in [2.05, 4.69) is 36.4 Å². The SMILES string of the molecule is CC(C)(C)C(=O)c1ccc(-c2ccc(-c3ccccc3)cc2)cc1. The fourth-order valence-electron chi connectivity index (χ4n) is 2.73. The molecule has 0 heterocycles. The zero-order valence-corrected chi connectivity index (χ0v) is 14.4. The van der Waals surface area contributed by atoms with Crippen molar-refractivity contribution in [1.29, 1.82) is 0 Å². The summed E-state index contributed by atoms with van der Waals surface area (Å²) < 4.78 is 0. The number of hydrogen-bond donors (Lipinski definition) is 0. The van der Waals surface area contributed by atoms with Gasteiger partial charge in [-0.2, -0.15) is 0 Å². The second kappa shape index (κ2) is 6.45. The van der Waals surface area contributed by atoms with Crippen LogP contribution < -0.4 is 0 Å². The Morgan fingerprint density at radius 2 is 0.958 bits per heavy atom. The second-order valence-corrected chi connectivity index (χ2v) is 7.10. The highest BCUT2D eigenvalue weighted by molar-refractivity contribution is 6.00. The Bertz CT molecular complexity index is 820. The topological polar surface area (TPSA) is 17.1 Å². The lowest BCUT2D eigenvalue weighted by Crippen LogP contribution is -2.19. The van der Waals surface area contributed by atoms with E-state index in [-0.39, 0.29) is 11.2 Å². The molecular formula is C23H22O. The Morgan fingerprint density at radius 1 is 0.583 bits per heavy atom. The van der Waals surface area contributed by atoms with Gasteiger partial charge in [0.15, 0.2) is 5.78 Å². The molecule has 0 unspecified atom stereocenters. The Kier molecular flexibility index (Phi) is 4.35. The highest BCUT2D eigenvalue weighted by Crippen LogP contribution is 2.26. The van der Waals surface area contributed by atoms with E-state index >= 15 is 0 Å². The molecule has 3 rings (SSSR count). The lowest BCUT2D eigenvalue weighted by Gasteiger charge is -2.16.